The summed E-state index contributed by atoms with van der Waals surface area (Å²) in [6.07, 6.45) is -1.12. The van der Waals surface area contributed by atoms with Crippen molar-refractivity contribution in [1.82, 2.24) is 0 Å². The predicted molar refractivity (Wildman–Crippen MR) is 29.7 cm³/mol. The maximum Gasteiger partial charge on any atom is 0.181 e. The summed E-state index contributed by atoms with van der Waals surface area (Å²) in [6.45, 7) is 3.60. The third kappa shape index (κ3) is 5.95. The average Bonchev–Trinajstić information content (AvgIpc) is 1.27. The van der Waals surface area contributed by atoms with E-state index in [1.54, 1.807) is 13.8 Å². The number of halogens is 1. The predicted octanol–water partition coefficient (Wildman–Crippen LogP) is 0.298. The van der Waals surface area contributed by atoms with Crippen LogP contribution in [0, 0.1) is 0 Å². The van der Waals surface area contributed by atoms with Crippen LogP contribution < -0.4 is 0 Å². The van der Waals surface area contributed by atoms with Crippen LogP contribution in [-0.4, -0.2) is 20.2 Å². The molecule has 0 aromatic rings. The molecule has 0 saturated carbocycles. The number of alkyl halides is 1. The Morgan fingerprint density at radius 3 is 2.00 bits per heavy atom. The lowest BCUT2D eigenvalue weighted by atomic mass is 10.2. The molecule has 0 spiro atoms. The van der Waals surface area contributed by atoms with Gasteiger partial charge in [-0.3, -0.25) is 0 Å². The van der Waals surface area contributed by atoms with Gasteiger partial charge in [-0.25, -0.2) is 4.39 Å². The lowest BCUT2D eigenvalue weighted by Gasteiger charge is -2.06. The minimum absolute atomic E-state index is 0.000000000000000222. The minimum Gasteiger partial charge on any atom is -0.354 e. The van der Waals surface area contributed by atoms with Crippen molar-refractivity contribution in [2.24, 2.45) is 0 Å². The van der Waals surface area contributed by atoms with Crippen LogP contribution in [0.25, 0.3) is 0 Å². The molecule has 0 bridgehead atoms. The Bertz CT molecular complexity index is 41.0. The maximum atomic E-state index is 11.7. The molecule has 0 radical (unpaired) electrons. The van der Waals surface area contributed by atoms with Crippen LogP contribution in [0.15, 0.2) is 0 Å². The smallest absolute Gasteiger partial charge is 0.181 e. The molecule has 0 aromatic heterocycles. The molecule has 0 aromatic carbocycles. The second-order valence-corrected chi connectivity index (χ2v) is 1.73. The van der Waals surface area contributed by atoms with Gasteiger partial charge >= 0.3 is 0 Å². The number of hydrogen-bond donors (Lipinski definition) is 0. The quantitative estimate of drug-likeness (QED) is 0.457. The fourth-order valence-corrected chi connectivity index (χ4v) is 0.375. The Balaban J connectivity index is 2.95. The maximum absolute atomic E-state index is 11.7. The van der Waals surface area contributed by atoms with E-state index < -0.39 is 6.26 Å². The van der Waals surface area contributed by atoms with E-state index in [0.717, 1.165) is 0 Å². The largest absolute Gasteiger partial charge is 0.354 e. The summed E-state index contributed by atoms with van der Waals surface area (Å²) in [5.41, 5.74) is 0. The fourth-order valence-electron chi connectivity index (χ4n) is 0.375. The second kappa shape index (κ2) is 3.02. The molecule has 0 rings (SSSR count). The molecule has 0 fully saturated rings. The SMILES string of the molecule is BC(F)OC(C)C. The highest BCUT2D eigenvalue weighted by Crippen LogP contribution is 1.92. The first-order valence-electron chi connectivity index (χ1n) is 2.42. The number of ether oxygens (including phenoxy) is 1. The second-order valence-electron chi connectivity index (χ2n) is 1.73. The molecule has 1 nitrogen and oxygen atoms in total. The van der Waals surface area contributed by atoms with Gasteiger partial charge in [0.1, 0.15) is 0 Å². The molecule has 3 heteroatoms. The normalized spacial score (nSPS) is 14.9. The van der Waals surface area contributed by atoms with Crippen molar-refractivity contribution in [3.63, 3.8) is 0 Å². The van der Waals surface area contributed by atoms with Gasteiger partial charge < -0.3 is 4.74 Å². The lowest BCUT2D eigenvalue weighted by molar-refractivity contribution is -0.0173. The molecule has 0 aliphatic rings. The van der Waals surface area contributed by atoms with Gasteiger partial charge in [0.25, 0.3) is 0 Å². The lowest BCUT2D eigenvalue weighted by Crippen LogP contribution is -2.11. The molecule has 0 heterocycles. The zero-order chi connectivity index (χ0) is 5.86. The standard InChI is InChI=1S/C4H10BFO/c1-3(2)7-4(5)6/h3-4H,5H2,1-2H3. The van der Waals surface area contributed by atoms with Crippen molar-refractivity contribution in [3.05, 3.63) is 0 Å². The number of rotatable bonds is 2. The van der Waals surface area contributed by atoms with E-state index in [1.165, 1.54) is 7.85 Å². The average molecular weight is 104 g/mol. The summed E-state index contributed by atoms with van der Waals surface area (Å²) in [5.74, 6) is 0. The first kappa shape index (κ1) is 6.95. The summed E-state index contributed by atoms with van der Waals surface area (Å²) in [5, 5.41) is 0. The Kier molecular flexibility index (Phi) is 3.00. The highest BCUT2D eigenvalue weighted by molar-refractivity contribution is 6.09. The zero-order valence-electron chi connectivity index (χ0n) is 4.94. The van der Waals surface area contributed by atoms with Gasteiger partial charge in [-0.05, 0) is 13.8 Å². The molecule has 42 valence electrons. The minimum atomic E-state index is -1.12. The van der Waals surface area contributed by atoms with E-state index in [2.05, 4.69) is 4.74 Å². The van der Waals surface area contributed by atoms with E-state index in [-0.39, 0.29) is 6.10 Å². The molecule has 7 heavy (non-hydrogen) atoms. The van der Waals surface area contributed by atoms with Gasteiger partial charge in [0.05, 0.1) is 6.10 Å². The molecule has 0 aliphatic heterocycles. The van der Waals surface area contributed by atoms with Crippen LogP contribution in [0.2, 0.25) is 0 Å². The first-order chi connectivity index (χ1) is 3.13. The fraction of sp³-hybridized carbons (Fsp3) is 1.00. The summed E-state index contributed by atoms with van der Waals surface area (Å²) < 4.78 is 16.3. The summed E-state index contributed by atoms with van der Waals surface area (Å²) in [4.78, 5) is 0. The van der Waals surface area contributed by atoms with E-state index >= 15 is 0 Å². The van der Waals surface area contributed by atoms with Gasteiger partial charge in [-0.2, -0.15) is 0 Å². The zero-order valence-corrected chi connectivity index (χ0v) is 4.94. The van der Waals surface area contributed by atoms with Crippen LogP contribution in [0.3, 0.4) is 0 Å². The van der Waals surface area contributed by atoms with Gasteiger partial charge in [-0.1, -0.05) is 0 Å². The molecule has 0 amide bonds. The van der Waals surface area contributed by atoms with Gasteiger partial charge in [-0.15, -0.1) is 0 Å². The Morgan fingerprint density at radius 2 is 2.00 bits per heavy atom. The molecule has 1 unspecified atom stereocenters. The van der Waals surface area contributed by atoms with Crippen LogP contribution in [-0.2, 0) is 4.74 Å². The monoisotopic (exact) mass is 104 g/mol. The van der Waals surface area contributed by atoms with Gasteiger partial charge in [0.15, 0.2) is 14.1 Å². The molecule has 0 N–H and O–H groups in total. The topological polar surface area (TPSA) is 9.23 Å². The van der Waals surface area contributed by atoms with Crippen LogP contribution >= 0.6 is 0 Å². The summed E-state index contributed by atoms with van der Waals surface area (Å²) in [6, 6.07) is 0. The van der Waals surface area contributed by atoms with Crippen LogP contribution in [0.4, 0.5) is 4.39 Å². The highest BCUT2D eigenvalue weighted by atomic mass is 19.1. The Morgan fingerprint density at radius 1 is 1.57 bits per heavy atom. The van der Waals surface area contributed by atoms with E-state index in [4.69, 9.17) is 0 Å². The van der Waals surface area contributed by atoms with Gasteiger partial charge in [0, 0.05) is 0 Å². The number of hydrogen-bond acceptors (Lipinski definition) is 1. The Hall–Kier alpha value is -0.0451. The van der Waals surface area contributed by atoms with E-state index in [9.17, 15) is 4.39 Å². The van der Waals surface area contributed by atoms with Crippen molar-refractivity contribution < 1.29 is 9.13 Å². The molecule has 0 aliphatic carbocycles. The van der Waals surface area contributed by atoms with Gasteiger partial charge in [0.2, 0.25) is 0 Å². The van der Waals surface area contributed by atoms with Crippen LogP contribution in [0.1, 0.15) is 13.8 Å². The molecular formula is C4H10BFO. The van der Waals surface area contributed by atoms with Crippen molar-refractivity contribution in [2.45, 2.75) is 26.2 Å². The third-order valence-corrected chi connectivity index (χ3v) is 0.460. The Labute approximate surface area is 44.3 Å². The van der Waals surface area contributed by atoms with E-state index in [0.29, 0.717) is 0 Å². The summed E-state index contributed by atoms with van der Waals surface area (Å²) in [7, 11) is 1.38. The third-order valence-electron chi connectivity index (χ3n) is 0.460. The molecule has 1 atom stereocenters. The highest BCUT2D eigenvalue weighted by Gasteiger charge is 1.98. The first-order valence-corrected chi connectivity index (χ1v) is 2.42. The molecule has 0 saturated heterocycles. The summed E-state index contributed by atoms with van der Waals surface area (Å²) >= 11 is 0. The van der Waals surface area contributed by atoms with Crippen molar-refractivity contribution in [3.8, 4) is 0 Å². The van der Waals surface area contributed by atoms with Crippen molar-refractivity contribution in [1.29, 1.82) is 0 Å². The molecular weight excluding hydrogens is 93.9 g/mol. The van der Waals surface area contributed by atoms with Crippen molar-refractivity contribution >= 4 is 7.85 Å². The van der Waals surface area contributed by atoms with Crippen molar-refractivity contribution in [2.75, 3.05) is 0 Å². The van der Waals surface area contributed by atoms with E-state index in [1.807, 2.05) is 0 Å². The van der Waals surface area contributed by atoms with Crippen LogP contribution in [0.5, 0.6) is 0 Å².